The summed E-state index contributed by atoms with van der Waals surface area (Å²) in [4.78, 5) is 30.0. The quantitative estimate of drug-likeness (QED) is 0.448. The lowest BCUT2D eigenvalue weighted by atomic mass is 9.89. The van der Waals surface area contributed by atoms with Gasteiger partial charge in [-0.3, -0.25) is 9.59 Å². The van der Waals surface area contributed by atoms with Crippen molar-refractivity contribution in [3.63, 3.8) is 0 Å². The van der Waals surface area contributed by atoms with E-state index in [0.29, 0.717) is 29.4 Å². The Kier molecular flexibility index (Phi) is 6.70. The summed E-state index contributed by atoms with van der Waals surface area (Å²) in [6.45, 7) is 6.04. The largest absolute Gasteiger partial charge is 0.494 e. The maximum absolute atomic E-state index is 13.6. The second kappa shape index (κ2) is 9.67. The molecule has 0 unspecified atom stereocenters. The number of benzene rings is 3. The van der Waals surface area contributed by atoms with Gasteiger partial charge in [0.15, 0.2) is 0 Å². The molecule has 33 heavy (non-hydrogen) atoms. The number of ether oxygens (including phenoxy) is 1. The van der Waals surface area contributed by atoms with Gasteiger partial charge in [0, 0.05) is 34.9 Å². The first-order valence-corrected chi connectivity index (χ1v) is 11.5. The van der Waals surface area contributed by atoms with Gasteiger partial charge in [0.25, 0.3) is 5.91 Å². The fourth-order valence-corrected chi connectivity index (χ4v) is 4.67. The highest BCUT2D eigenvalue weighted by atomic mass is 35.5. The van der Waals surface area contributed by atoms with Crippen molar-refractivity contribution in [1.29, 1.82) is 0 Å². The number of carbonyl (C=O) groups is 2. The Bertz CT molecular complexity index is 1160. The Labute approximate surface area is 199 Å². The number of hydrogen-bond donors (Lipinski definition) is 0. The van der Waals surface area contributed by atoms with E-state index >= 15 is 0 Å². The van der Waals surface area contributed by atoms with Crippen LogP contribution in [0.1, 0.15) is 49.2 Å². The highest BCUT2D eigenvalue weighted by Crippen LogP contribution is 2.43. The van der Waals surface area contributed by atoms with Crippen LogP contribution in [0.25, 0.3) is 0 Å². The van der Waals surface area contributed by atoms with Crippen LogP contribution in [-0.2, 0) is 4.79 Å². The molecule has 0 aromatic heterocycles. The van der Waals surface area contributed by atoms with Crippen molar-refractivity contribution < 1.29 is 14.3 Å². The second-order valence-electron chi connectivity index (χ2n) is 8.16. The molecule has 0 radical (unpaired) electrons. The van der Waals surface area contributed by atoms with Gasteiger partial charge in [0.1, 0.15) is 5.75 Å². The molecule has 4 rings (SSSR count). The van der Waals surface area contributed by atoms with Gasteiger partial charge in [0.05, 0.1) is 12.6 Å². The van der Waals surface area contributed by atoms with Crippen molar-refractivity contribution in [2.75, 3.05) is 16.4 Å². The van der Waals surface area contributed by atoms with Crippen molar-refractivity contribution >= 4 is 34.8 Å². The lowest BCUT2D eigenvalue weighted by Gasteiger charge is -2.43. The number of rotatable bonds is 5. The van der Waals surface area contributed by atoms with E-state index in [4.69, 9.17) is 16.3 Å². The monoisotopic (exact) mass is 462 g/mol. The number of halogens is 1. The van der Waals surface area contributed by atoms with Crippen LogP contribution >= 0.6 is 11.6 Å². The zero-order valence-corrected chi connectivity index (χ0v) is 19.8. The van der Waals surface area contributed by atoms with Gasteiger partial charge < -0.3 is 14.5 Å². The summed E-state index contributed by atoms with van der Waals surface area (Å²) in [6, 6.07) is 22.0. The molecule has 3 aromatic carbocycles. The zero-order chi connectivity index (χ0) is 23.5. The van der Waals surface area contributed by atoms with Crippen molar-refractivity contribution in [2.45, 2.75) is 39.3 Å². The number of para-hydroxylation sites is 1. The van der Waals surface area contributed by atoms with Crippen molar-refractivity contribution in [1.82, 2.24) is 0 Å². The summed E-state index contributed by atoms with van der Waals surface area (Å²) < 4.78 is 5.59. The van der Waals surface area contributed by atoms with Crippen LogP contribution in [-0.4, -0.2) is 24.5 Å². The molecule has 1 aliphatic rings. The molecule has 2 amide bonds. The predicted molar refractivity (Wildman–Crippen MR) is 132 cm³/mol. The predicted octanol–water partition coefficient (Wildman–Crippen LogP) is 6.27. The molecule has 0 fully saturated rings. The van der Waals surface area contributed by atoms with E-state index in [-0.39, 0.29) is 23.9 Å². The first-order valence-electron chi connectivity index (χ1n) is 11.1. The average Bonchev–Trinajstić information content (AvgIpc) is 2.80. The second-order valence-corrected chi connectivity index (χ2v) is 8.60. The SMILES string of the molecule is CCOc1cccc(C(=O)N2c3ccccc3[C@H](N(C(C)=O)c3ccc(Cl)cc3)C[C@@H]2C)c1. The fraction of sp³-hybridized carbons (Fsp3) is 0.259. The molecule has 0 bridgehead atoms. The number of carbonyl (C=O) groups excluding carboxylic acids is 2. The minimum atomic E-state index is -0.200. The topological polar surface area (TPSA) is 49.9 Å². The molecule has 1 aliphatic heterocycles. The van der Waals surface area contributed by atoms with Crippen molar-refractivity contribution in [3.8, 4) is 5.75 Å². The molecule has 0 aliphatic carbocycles. The Morgan fingerprint density at radius 2 is 1.79 bits per heavy atom. The van der Waals surface area contributed by atoms with Crippen LogP contribution < -0.4 is 14.5 Å². The smallest absolute Gasteiger partial charge is 0.258 e. The van der Waals surface area contributed by atoms with Crippen LogP contribution in [0.15, 0.2) is 72.8 Å². The summed E-state index contributed by atoms with van der Waals surface area (Å²) in [6.07, 6.45) is 0.607. The molecular weight excluding hydrogens is 436 g/mol. The molecule has 170 valence electrons. The number of nitrogens with zero attached hydrogens (tertiary/aromatic N) is 2. The maximum atomic E-state index is 13.6. The first-order chi connectivity index (χ1) is 15.9. The third-order valence-corrected chi connectivity index (χ3v) is 6.18. The van der Waals surface area contributed by atoms with Crippen LogP contribution in [0.3, 0.4) is 0 Å². The summed E-state index contributed by atoms with van der Waals surface area (Å²) in [5.41, 5.74) is 3.11. The van der Waals surface area contributed by atoms with Crippen LogP contribution in [0.5, 0.6) is 5.75 Å². The number of anilines is 2. The first kappa shape index (κ1) is 22.9. The number of hydrogen-bond acceptors (Lipinski definition) is 3. The highest BCUT2D eigenvalue weighted by Gasteiger charge is 2.38. The van der Waals surface area contributed by atoms with E-state index in [9.17, 15) is 9.59 Å². The molecule has 5 nitrogen and oxygen atoms in total. The van der Waals surface area contributed by atoms with Gasteiger partial charge in [0.2, 0.25) is 5.91 Å². The third-order valence-electron chi connectivity index (χ3n) is 5.93. The minimum Gasteiger partial charge on any atom is -0.494 e. The summed E-state index contributed by atoms with van der Waals surface area (Å²) in [5, 5.41) is 0.616. The molecule has 0 saturated heterocycles. The van der Waals surface area contributed by atoms with Crippen LogP contribution in [0, 0.1) is 0 Å². The summed E-state index contributed by atoms with van der Waals surface area (Å²) >= 11 is 6.07. The lowest BCUT2D eigenvalue weighted by molar-refractivity contribution is -0.117. The molecule has 6 heteroatoms. The van der Waals surface area contributed by atoms with E-state index in [1.165, 1.54) is 0 Å². The highest BCUT2D eigenvalue weighted by molar-refractivity contribution is 6.30. The average molecular weight is 463 g/mol. The normalized spacial score (nSPS) is 17.3. The molecule has 0 N–H and O–H groups in total. The van der Waals surface area contributed by atoms with E-state index in [0.717, 1.165) is 16.9 Å². The Hall–Kier alpha value is -3.31. The van der Waals surface area contributed by atoms with Gasteiger partial charge in [-0.05, 0) is 74.4 Å². The Morgan fingerprint density at radius 1 is 1.06 bits per heavy atom. The Morgan fingerprint density at radius 3 is 2.48 bits per heavy atom. The standard InChI is InChI=1S/C27H27ClN2O3/c1-4-33-23-9-7-8-20(17-23)27(32)29-18(2)16-26(24-10-5-6-11-25(24)29)30(19(3)31)22-14-12-21(28)13-15-22/h5-15,17-18,26H,4,16H2,1-3H3/t18-,26+/m0/s1. The number of fused-ring (bicyclic) bond motifs is 1. The van der Waals surface area contributed by atoms with E-state index in [1.807, 2.05) is 73.3 Å². The van der Waals surface area contributed by atoms with Crippen LogP contribution in [0.2, 0.25) is 5.02 Å². The van der Waals surface area contributed by atoms with E-state index in [1.54, 1.807) is 30.0 Å². The van der Waals surface area contributed by atoms with Gasteiger partial charge in [-0.2, -0.15) is 0 Å². The van der Waals surface area contributed by atoms with Crippen LogP contribution in [0.4, 0.5) is 11.4 Å². The number of amides is 2. The van der Waals surface area contributed by atoms with Gasteiger partial charge in [-0.25, -0.2) is 0 Å². The molecule has 0 saturated carbocycles. The maximum Gasteiger partial charge on any atom is 0.258 e. The van der Waals surface area contributed by atoms with Gasteiger partial charge in [-0.15, -0.1) is 0 Å². The van der Waals surface area contributed by atoms with Crippen molar-refractivity contribution in [3.05, 3.63) is 88.9 Å². The molecule has 3 aromatic rings. The lowest BCUT2D eigenvalue weighted by Crippen LogP contribution is -2.47. The van der Waals surface area contributed by atoms with E-state index in [2.05, 4.69) is 0 Å². The van der Waals surface area contributed by atoms with Gasteiger partial charge in [-0.1, -0.05) is 35.9 Å². The summed E-state index contributed by atoms with van der Waals surface area (Å²) in [7, 11) is 0. The van der Waals surface area contributed by atoms with E-state index < -0.39 is 0 Å². The third kappa shape index (κ3) is 4.60. The molecule has 1 heterocycles. The van der Waals surface area contributed by atoms with Gasteiger partial charge >= 0.3 is 0 Å². The Balaban J connectivity index is 1.75. The molecule has 2 atom stereocenters. The van der Waals surface area contributed by atoms with Crippen molar-refractivity contribution in [2.24, 2.45) is 0 Å². The molecular formula is C27H27ClN2O3. The zero-order valence-electron chi connectivity index (χ0n) is 19.0. The summed E-state index contributed by atoms with van der Waals surface area (Å²) in [5.74, 6) is 0.522. The fourth-order valence-electron chi connectivity index (χ4n) is 4.54. The minimum absolute atomic E-state index is 0.0616. The molecule has 0 spiro atoms.